The number of nitrogens with one attached hydrogen (secondary N) is 1. The Balaban J connectivity index is 1.28. The molecule has 1 N–H and O–H groups in total. The smallest absolute Gasteiger partial charge is 0.410 e. The minimum Gasteiger partial charge on any atom is -0.486 e. The van der Waals surface area contributed by atoms with Crippen molar-refractivity contribution in [3.05, 3.63) is 53.7 Å². The van der Waals surface area contributed by atoms with Gasteiger partial charge in [-0.15, -0.1) is 0 Å². The van der Waals surface area contributed by atoms with Crippen LogP contribution in [0, 0.1) is 0 Å². The highest BCUT2D eigenvalue weighted by Crippen LogP contribution is 2.30. The maximum Gasteiger partial charge on any atom is 0.410 e. The summed E-state index contributed by atoms with van der Waals surface area (Å²) < 4.78 is 18.4. The minimum absolute atomic E-state index is 0.0944. The Kier molecular flexibility index (Phi) is 8.84. The standard InChI is InChI=1S/C27H32ClN7O5/c1-2-3-10-40-27(37)35-9-8-33(24-15-23(28)31-26(32-24)34-7-6-29-18-34)17-20(35)14-25(36)30-16-19-4-5-21-22(13-19)39-12-11-38-21/h4-7,13,15,18,20H,2-3,8-12,14,16-17H2,1H3,(H,30,36). The third-order valence-electron chi connectivity index (χ3n) is 6.69. The number of nitrogens with zero attached hydrogens (tertiary/aromatic N) is 6. The van der Waals surface area contributed by atoms with Crippen LogP contribution in [0.2, 0.25) is 5.15 Å². The number of piperazine rings is 1. The van der Waals surface area contributed by atoms with E-state index in [9.17, 15) is 9.59 Å². The zero-order chi connectivity index (χ0) is 27.9. The quantitative estimate of drug-likeness (QED) is 0.305. The van der Waals surface area contributed by atoms with Crippen molar-refractivity contribution in [2.45, 2.75) is 38.8 Å². The lowest BCUT2D eigenvalue weighted by molar-refractivity contribution is -0.122. The monoisotopic (exact) mass is 569 g/mol. The first-order chi connectivity index (χ1) is 19.5. The number of carbonyl (C=O) groups excluding carboxylic acids is 2. The van der Waals surface area contributed by atoms with Crippen LogP contribution in [0.1, 0.15) is 31.7 Å². The van der Waals surface area contributed by atoms with Crippen LogP contribution in [-0.4, -0.2) is 81.9 Å². The number of carbonyl (C=O) groups is 2. The third-order valence-corrected chi connectivity index (χ3v) is 6.88. The number of unbranched alkanes of at least 4 members (excludes halogenated alkanes) is 1. The zero-order valence-corrected chi connectivity index (χ0v) is 23.0. The van der Waals surface area contributed by atoms with Gasteiger partial charge in [-0.1, -0.05) is 31.0 Å². The van der Waals surface area contributed by atoms with Crippen molar-refractivity contribution < 1.29 is 23.8 Å². The molecule has 1 fully saturated rings. The van der Waals surface area contributed by atoms with E-state index in [4.69, 9.17) is 25.8 Å². The van der Waals surface area contributed by atoms with E-state index < -0.39 is 12.1 Å². The van der Waals surface area contributed by atoms with E-state index in [1.165, 1.54) is 0 Å². The summed E-state index contributed by atoms with van der Waals surface area (Å²) in [4.78, 5) is 42.7. The second-order valence-corrected chi connectivity index (χ2v) is 9.93. The highest BCUT2D eigenvalue weighted by atomic mass is 35.5. The van der Waals surface area contributed by atoms with Gasteiger partial charge in [-0.2, -0.15) is 4.98 Å². The second-order valence-electron chi connectivity index (χ2n) is 9.54. The molecule has 0 spiro atoms. The molecule has 0 aliphatic carbocycles. The number of benzene rings is 1. The molecule has 2 aliphatic rings. The number of hydrogen-bond acceptors (Lipinski definition) is 9. The number of aromatic nitrogens is 4. The number of hydrogen-bond donors (Lipinski definition) is 1. The van der Waals surface area contributed by atoms with Crippen LogP contribution in [0.4, 0.5) is 10.6 Å². The van der Waals surface area contributed by atoms with Crippen LogP contribution in [0.15, 0.2) is 43.0 Å². The number of rotatable bonds is 9. The average Bonchev–Trinajstić information content (AvgIpc) is 3.51. The average molecular weight is 570 g/mol. The van der Waals surface area contributed by atoms with Gasteiger partial charge in [0.2, 0.25) is 11.9 Å². The van der Waals surface area contributed by atoms with Crippen molar-refractivity contribution in [3.8, 4) is 17.4 Å². The topological polar surface area (TPSA) is 124 Å². The van der Waals surface area contributed by atoms with E-state index in [0.717, 1.165) is 18.4 Å². The van der Waals surface area contributed by atoms with Crippen LogP contribution in [0.5, 0.6) is 11.5 Å². The molecule has 13 heteroatoms. The van der Waals surface area contributed by atoms with E-state index in [-0.39, 0.29) is 17.5 Å². The third kappa shape index (κ3) is 6.74. The lowest BCUT2D eigenvalue weighted by Gasteiger charge is -2.41. The molecule has 0 bridgehead atoms. The first-order valence-corrected chi connectivity index (χ1v) is 13.7. The molecule has 1 saturated heterocycles. The first-order valence-electron chi connectivity index (χ1n) is 13.4. The molecule has 4 heterocycles. The fourth-order valence-electron chi connectivity index (χ4n) is 4.60. The predicted octanol–water partition coefficient (Wildman–Crippen LogP) is 3.22. The maximum absolute atomic E-state index is 13.1. The highest BCUT2D eigenvalue weighted by molar-refractivity contribution is 6.29. The Morgan fingerprint density at radius 2 is 2.00 bits per heavy atom. The highest BCUT2D eigenvalue weighted by Gasteiger charge is 2.34. The minimum atomic E-state index is -0.437. The number of halogens is 1. The molecule has 0 radical (unpaired) electrons. The van der Waals surface area contributed by atoms with Crippen LogP contribution in [-0.2, 0) is 16.1 Å². The largest absolute Gasteiger partial charge is 0.486 e. The Morgan fingerprint density at radius 3 is 2.80 bits per heavy atom. The van der Waals surface area contributed by atoms with Gasteiger partial charge < -0.3 is 29.3 Å². The molecule has 12 nitrogen and oxygen atoms in total. The summed E-state index contributed by atoms with van der Waals surface area (Å²) >= 11 is 6.32. The normalized spacial score (nSPS) is 16.5. The van der Waals surface area contributed by atoms with Gasteiger partial charge in [-0.3, -0.25) is 9.36 Å². The molecule has 212 valence electrons. The SMILES string of the molecule is CCCCOC(=O)N1CCN(c2cc(Cl)nc(-n3ccnc3)n2)CC1CC(=O)NCc1ccc2c(c1)OCCO2. The Morgan fingerprint density at radius 1 is 1.15 bits per heavy atom. The van der Waals surface area contributed by atoms with Crippen LogP contribution >= 0.6 is 11.6 Å². The summed E-state index contributed by atoms with van der Waals surface area (Å²) in [6.07, 6.45) is 6.33. The van der Waals surface area contributed by atoms with E-state index in [2.05, 4.69) is 20.3 Å². The molecule has 0 saturated carbocycles. The molecular weight excluding hydrogens is 538 g/mol. The van der Waals surface area contributed by atoms with Gasteiger partial charge >= 0.3 is 6.09 Å². The van der Waals surface area contributed by atoms with Gasteiger partial charge in [0.25, 0.3) is 0 Å². The number of amides is 2. The molecule has 1 unspecified atom stereocenters. The second kappa shape index (κ2) is 12.9. The Labute approximate surface area is 237 Å². The maximum atomic E-state index is 13.1. The summed E-state index contributed by atoms with van der Waals surface area (Å²) in [5.41, 5.74) is 0.890. The lowest BCUT2D eigenvalue weighted by Crippen LogP contribution is -2.56. The van der Waals surface area contributed by atoms with Gasteiger partial charge in [0.1, 0.15) is 30.5 Å². The van der Waals surface area contributed by atoms with Crippen LogP contribution in [0.3, 0.4) is 0 Å². The summed E-state index contributed by atoms with van der Waals surface area (Å²) in [5, 5.41) is 3.25. The van der Waals surface area contributed by atoms with Crippen LogP contribution < -0.4 is 19.7 Å². The molecule has 2 aromatic heterocycles. The fraction of sp³-hybridized carbons (Fsp3) is 0.444. The summed E-state index contributed by atoms with van der Waals surface area (Å²) in [6, 6.07) is 6.84. The summed E-state index contributed by atoms with van der Waals surface area (Å²) in [7, 11) is 0. The van der Waals surface area contributed by atoms with Gasteiger partial charge in [-0.05, 0) is 24.1 Å². The van der Waals surface area contributed by atoms with Crippen molar-refractivity contribution in [2.24, 2.45) is 0 Å². The number of anilines is 1. The predicted molar refractivity (Wildman–Crippen MR) is 147 cm³/mol. The first kappa shape index (κ1) is 27.5. The van der Waals surface area contributed by atoms with Crippen molar-refractivity contribution in [3.63, 3.8) is 0 Å². The molecule has 5 rings (SSSR count). The molecule has 1 aromatic carbocycles. The number of ether oxygens (including phenoxy) is 3. The van der Waals surface area contributed by atoms with Crippen molar-refractivity contribution in [2.75, 3.05) is 44.4 Å². The summed E-state index contributed by atoms with van der Waals surface area (Å²) in [5.74, 6) is 2.16. The van der Waals surface area contributed by atoms with Gasteiger partial charge in [0, 0.05) is 51.1 Å². The fourth-order valence-corrected chi connectivity index (χ4v) is 4.77. The van der Waals surface area contributed by atoms with Crippen LogP contribution in [0.25, 0.3) is 5.95 Å². The molecule has 1 atom stereocenters. The van der Waals surface area contributed by atoms with E-state index in [1.54, 1.807) is 34.3 Å². The molecule has 40 heavy (non-hydrogen) atoms. The molecule has 3 aromatic rings. The zero-order valence-electron chi connectivity index (χ0n) is 22.3. The van der Waals surface area contributed by atoms with Crippen molar-refractivity contribution >= 4 is 29.4 Å². The van der Waals surface area contributed by atoms with E-state index in [0.29, 0.717) is 69.3 Å². The van der Waals surface area contributed by atoms with E-state index >= 15 is 0 Å². The van der Waals surface area contributed by atoms with Gasteiger partial charge in [-0.25, -0.2) is 14.8 Å². The van der Waals surface area contributed by atoms with Crippen molar-refractivity contribution in [1.82, 2.24) is 29.7 Å². The van der Waals surface area contributed by atoms with E-state index in [1.807, 2.05) is 30.0 Å². The van der Waals surface area contributed by atoms with Gasteiger partial charge in [0.05, 0.1) is 12.6 Å². The van der Waals surface area contributed by atoms with Crippen molar-refractivity contribution in [1.29, 1.82) is 0 Å². The number of imidazole rings is 1. The summed E-state index contributed by atoms with van der Waals surface area (Å²) in [6.45, 7) is 4.94. The van der Waals surface area contributed by atoms with Gasteiger partial charge in [0.15, 0.2) is 11.5 Å². The lowest BCUT2D eigenvalue weighted by atomic mass is 10.1. The molecule has 2 aliphatic heterocycles. The molecule has 2 amide bonds. The Hall–Kier alpha value is -4.06. The molecular formula is C27H32ClN7O5. The number of fused-ring (bicyclic) bond motifs is 1. The Bertz CT molecular complexity index is 1320.